The fraction of sp³-hybridized carbons (Fsp3) is 0.652. The summed E-state index contributed by atoms with van der Waals surface area (Å²) in [6.45, 7) is 2.43. The summed E-state index contributed by atoms with van der Waals surface area (Å²) in [4.78, 5) is 29.5. The molecule has 1 aliphatic heterocycles. The highest BCUT2D eigenvalue weighted by atomic mass is 16.3. The first-order valence-electron chi connectivity index (χ1n) is 10.8. The quantitative estimate of drug-likeness (QED) is 0.874. The molecule has 0 unspecified atom stereocenters. The molecule has 0 spiro atoms. The van der Waals surface area contributed by atoms with E-state index in [1.165, 1.54) is 6.42 Å². The van der Waals surface area contributed by atoms with Crippen LogP contribution < -0.4 is 0 Å². The van der Waals surface area contributed by atoms with Gasteiger partial charge in [0.05, 0.1) is 5.60 Å². The van der Waals surface area contributed by atoms with Crippen LogP contribution in [0.1, 0.15) is 55.3 Å². The van der Waals surface area contributed by atoms with Gasteiger partial charge < -0.3 is 14.9 Å². The molecule has 1 aromatic carbocycles. The van der Waals surface area contributed by atoms with E-state index in [9.17, 15) is 14.7 Å². The summed E-state index contributed by atoms with van der Waals surface area (Å²) >= 11 is 0. The highest BCUT2D eigenvalue weighted by Gasteiger charge is 2.57. The number of nitrogens with zero attached hydrogens (tertiary/aromatic N) is 2. The Labute approximate surface area is 166 Å². The highest BCUT2D eigenvalue weighted by molar-refractivity contribution is 5.94. The average molecular weight is 383 g/mol. The predicted octanol–water partition coefficient (Wildman–Crippen LogP) is 2.69. The first-order valence-corrected chi connectivity index (χ1v) is 10.8. The second-order valence-corrected chi connectivity index (χ2v) is 9.90. The van der Waals surface area contributed by atoms with Crippen molar-refractivity contribution in [3.05, 3.63) is 35.9 Å². The molecule has 5 nitrogen and oxygen atoms in total. The molecule has 28 heavy (non-hydrogen) atoms. The van der Waals surface area contributed by atoms with Crippen molar-refractivity contribution in [2.75, 3.05) is 26.2 Å². The van der Waals surface area contributed by atoms with E-state index >= 15 is 0 Å². The van der Waals surface area contributed by atoms with Gasteiger partial charge in [-0.3, -0.25) is 9.59 Å². The second kappa shape index (κ2) is 6.58. The van der Waals surface area contributed by atoms with Crippen LogP contribution in [0.15, 0.2) is 30.3 Å². The summed E-state index contributed by atoms with van der Waals surface area (Å²) in [6.07, 6.45) is 6.76. The van der Waals surface area contributed by atoms with Gasteiger partial charge in [-0.1, -0.05) is 18.2 Å². The van der Waals surface area contributed by atoms with E-state index in [1.54, 1.807) is 0 Å². The number of carbonyl (C=O) groups excluding carboxylic acids is 2. The van der Waals surface area contributed by atoms with Crippen molar-refractivity contribution in [1.82, 2.24) is 9.80 Å². The monoisotopic (exact) mass is 382 g/mol. The van der Waals surface area contributed by atoms with Crippen LogP contribution in [-0.4, -0.2) is 58.5 Å². The molecule has 1 aromatic rings. The number of hydrogen-bond acceptors (Lipinski definition) is 3. The third-order valence-corrected chi connectivity index (χ3v) is 7.62. The minimum atomic E-state index is -0.509. The van der Waals surface area contributed by atoms with Crippen molar-refractivity contribution in [1.29, 1.82) is 0 Å². The Morgan fingerprint density at radius 2 is 1.54 bits per heavy atom. The van der Waals surface area contributed by atoms with Crippen LogP contribution in [0.4, 0.5) is 0 Å². The van der Waals surface area contributed by atoms with Crippen LogP contribution in [0, 0.1) is 17.3 Å². The molecule has 1 N–H and O–H groups in total. The van der Waals surface area contributed by atoms with Gasteiger partial charge in [0.25, 0.3) is 5.91 Å². The second-order valence-electron chi connectivity index (χ2n) is 9.90. The van der Waals surface area contributed by atoms with Gasteiger partial charge in [0, 0.05) is 38.2 Å². The van der Waals surface area contributed by atoms with E-state index < -0.39 is 5.60 Å². The maximum atomic E-state index is 13.1. The fourth-order valence-corrected chi connectivity index (χ4v) is 6.96. The van der Waals surface area contributed by atoms with Gasteiger partial charge in [-0.15, -0.1) is 0 Å². The molecule has 2 atom stereocenters. The zero-order valence-corrected chi connectivity index (χ0v) is 16.5. The van der Waals surface area contributed by atoms with Crippen molar-refractivity contribution in [2.24, 2.45) is 17.3 Å². The lowest BCUT2D eigenvalue weighted by atomic mass is 9.47. The largest absolute Gasteiger partial charge is 0.390 e. The van der Waals surface area contributed by atoms with Gasteiger partial charge in [0.2, 0.25) is 5.91 Å². The van der Waals surface area contributed by atoms with Crippen molar-refractivity contribution in [2.45, 2.75) is 50.5 Å². The molecule has 5 fully saturated rings. The van der Waals surface area contributed by atoms with Gasteiger partial charge in [-0.05, 0) is 67.9 Å². The summed E-state index contributed by atoms with van der Waals surface area (Å²) in [7, 11) is 0. The Morgan fingerprint density at radius 1 is 0.929 bits per heavy atom. The van der Waals surface area contributed by atoms with Crippen LogP contribution >= 0.6 is 0 Å². The first-order chi connectivity index (χ1) is 13.4. The first kappa shape index (κ1) is 18.2. The van der Waals surface area contributed by atoms with Crippen LogP contribution in [0.3, 0.4) is 0 Å². The average Bonchev–Trinajstić information content (AvgIpc) is 2.66. The van der Waals surface area contributed by atoms with Gasteiger partial charge in [-0.25, -0.2) is 0 Å². The summed E-state index contributed by atoms with van der Waals surface area (Å²) in [5.41, 5.74) is 0.224. The topological polar surface area (TPSA) is 60.9 Å². The number of rotatable bonds is 3. The molecule has 5 aliphatic rings. The molecule has 150 valence electrons. The van der Waals surface area contributed by atoms with Crippen molar-refractivity contribution >= 4 is 11.8 Å². The van der Waals surface area contributed by atoms with Crippen LogP contribution in [0.2, 0.25) is 0 Å². The smallest absolute Gasteiger partial charge is 0.253 e. The number of hydrogen-bond donors (Lipinski definition) is 1. The molecule has 1 heterocycles. The fourth-order valence-electron chi connectivity index (χ4n) is 6.96. The lowest BCUT2D eigenvalue weighted by molar-refractivity contribution is -0.172. The number of aliphatic hydroxyl groups is 1. The van der Waals surface area contributed by atoms with E-state index in [0.717, 1.165) is 32.1 Å². The Bertz CT molecular complexity index is 755. The molecule has 6 rings (SSSR count). The van der Waals surface area contributed by atoms with Crippen molar-refractivity contribution in [3.63, 3.8) is 0 Å². The van der Waals surface area contributed by atoms with Crippen LogP contribution in [-0.2, 0) is 4.79 Å². The van der Waals surface area contributed by atoms with Gasteiger partial charge in [-0.2, -0.15) is 0 Å². The molecule has 5 heteroatoms. The van der Waals surface area contributed by atoms with Gasteiger partial charge >= 0.3 is 0 Å². The number of piperazine rings is 1. The molecular formula is C23H30N2O3. The Hall–Kier alpha value is -1.88. The normalized spacial score (nSPS) is 36.6. The summed E-state index contributed by atoms with van der Waals surface area (Å²) < 4.78 is 0. The van der Waals surface area contributed by atoms with Gasteiger partial charge in [0.15, 0.2) is 0 Å². The van der Waals surface area contributed by atoms with Crippen molar-refractivity contribution < 1.29 is 14.7 Å². The predicted molar refractivity (Wildman–Crippen MR) is 106 cm³/mol. The summed E-state index contributed by atoms with van der Waals surface area (Å²) in [6, 6.07) is 9.36. The van der Waals surface area contributed by atoms with E-state index in [0.29, 0.717) is 50.0 Å². The Balaban J connectivity index is 1.19. The van der Waals surface area contributed by atoms with Crippen molar-refractivity contribution in [3.8, 4) is 0 Å². The Kier molecular flexibility index (Phi) is 4.27. The summed E-state index contributed by atoms with van der Waals surface area (Å²) in [5, 5.41) is 10.9. The van der Waals surface area contributed by atoms with E-state index in [2.05, 4.69) is 0 Å². The zero-order chi connectivity index (χ0) is 19.4. The highest BCUT2D eigenvalue weighted by Crippen LogP contribution is 2.62. The Morgan fingerprint density at radius 3 is 2.14 bits per heavy atom. The minimum Gasteiger partial charge on any atom is -0.390 e. The maximum Gasteiger partial charge on any atom is 0.253 e. The summed E-state index contributed by atoms with van der Waals surface area (Å²) in [5.74, 6) is 1.49. The molecule has 4 bridgehead atoms. The molecule has 0 radical (unpaired) electrons. The SMILES string of the molecule is O=C(CC12C[C@H]3C[C@@H](CC(O)(C3)C1)C2)N1CCN(C(=O)c2ccccc2)CC1. The lowest BCUT2D eigenvalue weighted by Crippen LogP contribution is -2.57. The standard InChI is InChI=1S/C23H30N2O3/c26-20(15-22-11-17-10-18(12-22)14-23(28,13-17)16-22)24-6-8-25(9-7-24)21(27)19-4-2-1-3-5-19/h1-5,17-18,28H,6-16H2/t17-,18-,22?,23?/m1/s1. The minimum absolute atomic E-state index is 0.0207. The molecular weight excluding hydrogens is 352 g/mol. The number of carbonyl (C=O) groups is 2. The maximum absolute atomic E-state index is 13.1. The number of amides is 2. The zero-order valence-electron chi connectivity index (χ0n) is 16.5. The number of benzene rings is 1. The van der Waals surface area contributed by atoms with E-state index in [4.69, 9.17) is 0 Å². The van der Waals surface area contributed by atoms with Crippen LogP contribution in [0.25, 0.3) is 0 Å². The van der Waals surface area contributed by atoms with E-state index in [1.807, 2.05) is 40.1 Å². The third-order valence-electron chi connectivity index (χ3n) is 7.62. The van der Waals surface area contributed by atoms with E-state index in [-0.39, 0.29) is 17.2 Å². The van der Waals surface area contributed by atoms with Gasteiger partial charge in [0.1, 0.15) is 0 Å². The van der Waals surface area contributed by atoms with Crippen LogP contribution in [0.5, 0.6) is 0 Å². The molecule has 4 aliphatic carbocycles. The molecule has 1 saturated heterocycles. The molecule has 0 aromatic heterocycles. The lowest BCUT2D eigenvalue weighted by Gasteiger charge is -2.60. The molecule has 2 amide bonds. The third kappa shape index (κ3) is 3.24. The molecule has 4 saturated carbocycles.